The summed E-state index contributed by atoms with van der Waals surface area (Å²) < 4.78 is 5.15. The van der Waals surface area contributed by atoms with Gasteiger partial charge in [0.25, 0.3) is 5.91 Å². The molecule has 1 unspecified atom stereocenters. The number of nitrogens with one attached hydrogen (secondary N) is 2. The van der Waals surface area contributed by atoms with Crippen LogP contribution < -0.4 is 15.4 Å². The van der Waals surface area contributed by atoms with E-state index in [0.717, 1.165) is 15.4 Å². The van der Waals surface area contributed by atoms with Crippen LogP contribution in [-0.2, 0) is 15.1 Å². The Balaban J connectivity index is 1.42. The molecule has 1 aliphatic heterocycles. The van der Waals surface area contributed by atoms with Gasteiger partial charge in [-0.25, -0.2) is 14.8 Å². The first kappa shape index (κ1) is 23.2. The molecule has 4 amide bonds. The van der Waals surface area contributed by atoms with Gasteiger partial charge in [-0.3, -0.25) is 14.5 Å². The van der Waals surface area contributed by atoms with Crippen LogP contribution in [-0.4, -0.2) is 46.4 Å². The molecule has 10 heteroatoms. The molecular formula is C24H23N5O4S. The molecule has 1 fully saturated rings. The van der Waals surface area contributed by atoms with Gasteiger partial charge >= 0.3 is 6.03 Å². The SMILES string of the molecule is COc1ccc(C2(C)NC(=O)N(CC(=O)Nc3ccc(Sc4ncccn4)cc3C)C2=O)cc1. The minimum Gasteiger partial charge on any atom is -0.497 e. The second-order valence-corrected chi connectivity index (χ2v) is 8.87. The lowest BCUT2D eigenvalue weighted by Crippen LogP contribution is -2.42. The van der Waals surface area contributed by atoms with E-state index in [9.17, 15) is 14.4 Å². The fourth-order valence-electron chi connectivity index (χ4n) is 3.58. The topological polar surface area (TPSA) is 114 Å². The van der Waals surface area contributed by atoms with Gasteiger partial charge in [-0.05, 0) is 73.1 Å². The molecule has 2 N–H and O–H groups in total. The number of nitrogens with zero attached hydrogens (tertiary/aromatic N) is 3. The van der Waals surface area contributed by atoms with Gasteiger partial charge in [-0.1, -0.05) is 12.1 Å². The molecule has 1 aromatic heterocycles. The van der Waals surface area contributed by atoms with Crippen molar-refractivity contribution in [2.45, 2.75) is 29.4 Å². The van der Waals surface area contributed by atoms with Crippen molar-refractivity contribution in [1.29, 1.82) is 0 Å². The summed E-state index contributed by atoms with van der Waals surface area (Å²) >= 11 is 1.41. The molecule has 0 aliphatic carbocycles. The van der Waals surface area contributed by atoms with Gasteiger partial charge in [-0.15, -0.1) is 0 Å². The van der Waals surface area contributed by atoms with Crippen LogP contribution in [0.15, 0.2) is 71.0 Å². The summed E-state index contributed by atoms with van der Waals surface area (Å²) in [5.41, 5.74) is 0.751. The van der Waals surface area contributed by atoms with Crippen molar-refractivity contribution >= 4 is 35.3 Å². The molecule has 0 radical (unpaired) electrons. The second kappa shape index (κ2) is 9.52. The number of aromatic nitrogens is 2. The predicted octanol–water partition coefficient (Wildman–Crippen LogP) is 3.35. The van der Waals surface area contributed by atoms with E-state index in [-0.39, 0.29) is 0 Å². The first-order chi connectivity index (χ1) is 16.3. The number of benzene rings is 2. The van der Waals surface area contributed by atoms with Gasteiger partial charge in [0, 0.05) is 23.0 Å². The lowest BCUT2D eigenvalue weighted by atomic mass is 9.92. The number of anilines is 1. The number of imide groups is 1. The van der Waals surface area contributed by atoms with Crippen LogP contribution in [0.5, 0.6) is 5.75 Å². The van der Waals surface area contributed by atoms with Crippen molar-refractivity contribution in [3.05, 3.63) is 72.1 Å². The largest absolute Gasteiger partial charge is 0.497 e. The molecule has 1 atom stereocenters. The number of ether oxygens (including phenoxy) is 1. The van der Waals surface area contributed by atoms with Gasteiger partial charge in [0.1, 0.15) is 17.8 Å². The van der Waals surface area contributed by atoms with Gasteiger partial charge in [-0.2, -0.15) is 0 Å². The van der Waals surface area contributed by atoms with E-state index in [0.29, 0.717) is 22.2 Å². The summed E-state index contributed by atoms with van der Waals surface area (Å²) in [6.45, 7) is 3.08. The molecule has 3 aromatic rings. The highest BCUT2D eigenvalue weighted by molar-refractivity contribution is 7.99. The van der Waals surface area contributed by atoms with E-state index in [1.54, 1.807) is 62.8 Å². The van der Waals surface area contributed by atoms with E-state index in [2.05, 4.69) is 20.6 Å². The number of rotatable bonds is 7. The van der Waals surface area contributed by atoms with Crippen molar-refractivity contribution < 1.29 is 19.1 Å². The Morgan fingerprint density at radius 3 is 2.50 bits per heavy atom. The zero-order chi connectivity index (χ0) is 24.3. The number of hydrogen-bond acceptors (Lipinski definition) is 7. The molecule has 0 spiro atoms. The van der Waals surface area contributed by atoms with Crippen LogP contribution in [0.2, 0.25) is 0 Å². The van der Waals surface area contributed by atoms with Gasteiger partial charge in [0.05, 0.1) is 7.11 Å². The Labute approximate surface area is 200 Å². The molecule has 1 aliphatic rings. The van der Waals surface area contributed by atoms with E-state index in [4.69, 9.17) is 4.74 Å². The fraction of sp³-hybridized carbons (Fsp3) is 0.208. The Bertz CT molecular complexity index is 1240. The first-order valence-corrected chi connectivity index (χ1v) is 11.3. The fourth-order valence-corrected chi connectivity index (χ4v) is 4.39. The van der Waals surface area contributed by atoms with Crippen LogP contribution >= 0.6 is 11.8 Å². The van der Waals surface area contributed by atoms with Gasteiger partial charge in [0.15, 0.2) is 5.16 Å². The number of amides is 4. The maximum Gasteiger partial charge on any atom is 0.325 e. The minimum atomic E-state index is -1.27. The highest BCUT2D eigenvalue weighted by Crippen LogP contribution is 2.31. The molecule has 34 heavy (non-hydrogen) atoms. The standard InChI is InChI=1S/C24H23N5O4S/c1-15-13-18(34-22-25-11-4-12-26-22)9-10-19(15)27-20(30)14-29-21(31)24(2,28-23(29)32)16-5-7-17(33-3)8-6-16/h4-13H,14H2,1-3H3,(H,27,30)(H,28,32). The van der Waals surface area contributed by atoms with Crippen molar-refractivity contribution in [2.75, 3.05) is 19.0 Å². The average molecular weight is 478 g/mol. The van der Waals surface area contributed by atoms with Crippen molar-refractivity contribution in [3.8, 4) is 5.75 Å². The lowest BCUT2D eigenvalue weighted by Gasteiger charge is -2.22. The Hall–Kier alpha value is -3.92. The number of methoxy groups -OCH3 is 1. The Morgan fingerprint density at radius 2 is 1.85 bits per heavy atom. The lowest BCUT2D eigenvalue weighted by molar-refractivity contribution is -0.133. The molecule has 4 rings (SSSR count). The van der Waals surface area contributed by atoms with Gasteiger partial charge in [0.2, 0.25) is 5.91 Å². The number of hydrogen-bond donors (Lipinski definition) is 2. The summed E-state index contributed by atoms with van der Waals surface area (Å²) in [5.74, 6) is -0.335. The maximum atomic E-state index is 13.1. The number of urea groups is 1. The molecule has 1 saturated heterocycles. The molecule has 0 saturated carbocycles. The van der Waals surface area contributed by atoms with E-state index >= 15 is 0 Å². The third-order valence-electron chi connectivity index (χ3n) is 5.47. The van der Waals surface area contributed by atoms with Crippen LogP contribution in [0, 0.1) is 6.92 Å². The summed E-state index contributed by atoms with van der Waals surface area (Å²) in [4.78, 5) is 48.5. The van der Waals surface area contributed by atoms with Crippen LogP contribution in [0.25, 0.3) is 0 Å². The highest BCUT2D eigenvalue weighted by atomic mass is 32.2. The normalized spacial score (nSPS) is 17.4. The third kappa shape index (κ3) is 4.72. The molecule has 2 aromatic carbocycles. The summed E-state index contributed by atoms with van der Waals surface area (Å²) in [7, 11) is 1.55. The van der Waals surface area contributed by atoms with Crippen molar-refractivity contribution in [2.24, 2.45) is 0 Å². The smallest absolute Gasteiger partial charge is 0.325 e. The molecular weight excluding hydrogens is 454 g/mol. The Morgan fingerprint density at radius 1 is 1.15 bits per heavy atom. The Kier molecular flexibility index (Phi) is 6.51. The average Bonchev–Trinajstić information content (AvgIpc) is 3.05. The molecule has 174 valence electrons. The van der Waals surface area contributed by atoms with Gasteiger partial charge < -0.3 is 15.4 Å². The quantitative estimate of drug-likeness (QED) is 0.396. The first-order valence-electron chi connectivity index (χ1n) is 10.4. The highest BCUT2D eigenvalue weighted by Gasteiger charge is 2.49. The zero-order valence-electron chi connectivity index (χ0n) is 18.9. The van der Waals surface area contributed by atoms with E-state index in [1.165, 1.54) is 11.8 Å². The van der Waals surface area contributed by atoms with Crippen molar-refractivity contribution in [1.82, 2.24) is 20.2 Å². The second-order valence-electron chi connectivity index (χ2n) is 7.83. The number of carbonyl (C=O) groups excluding carboxylic acids is 3. The summed E-state index contributed by atoms with van der Waals surface area (Å²) in [5, 5.41) is 6.10. The zero-order valence-corrected chi connectivity index (χ0v) is 19.7. The van der Waals surface area contributed by atoms with E-state index < -0.39 is 29.9 Å². The summed E-state index contributed by atoms with van der Waals surface area (Å²) in [6, 6.07) is 13.5. The van der Waals surface area contributed by atoms with Crippen LogP contribution in [0.1, 0.15) is 18.1 Å². The van der Waals surface area contributed by atoms with Crippen LogP contribution in [0.4, 0.5) is 10.5 Å². The predicted molar refractivity (Wildman–Crippen MR) is 127 cm³/mol. The number of aryl methyl sites for hydroxylation is 1. The van der Waals surface area contributed by atoms with E-state index in [1.807, 2.05) is 19.1 Å². The molecule has 2 heterocycles. The third-order valence-corrected chi connectivity index (χ3v) is 6.35. The summed E-state index contributed by atoms with van der Waals surface area (Å²) in [6.07, 6.45) is 3.35. The number of carbonyl (C=O) groups is 3. The van der Waals surface area contributed by atoms with Crippen LogP contribution in [0.3, 0.4) is 0 Å². The molecule has 9 nitrogen and oxygen atoms in total. The monoisotopic (exact) mass is 477 g/mol. The minimum absolute atomic E-state index is 0.399. The maximum absolute atomic E-state index is 13.1. The van der Waals surface area contributed by atoms with Crippen molar-refractivity contribution in [3.63, 3.8) is 0 Å². The molecule has 0 bridgehead atoms.